The lowest BCUT2D eigenvalue weighted by Gasteiger charge is -2.07. The second-order valence-electron chi connectivity index (χ2n) is 3.80. The molecule has 1 aromatic carbocycles. The van der Waals surface area contributed by atoms with Crippen molar-refractivity contribution in [1.82, 2.24) is 0 Å². The molecule has 1 aromatic heterocycles. The highest BCUT2D eigenvalue weighted by atomic mass is 79.9. The van der Waals surface area contributed by atoms with Crippen LogP contribution in [0.25, 0.3) is 0 Å². The number of halogens is 1. The van der Waals surface area contributed by atoms with Crippen LogP contribution < -0.4 is 4.74 Å². The Morgan fingerprint density at radius 1 is 1.20 bits per heavy atom. The van der Waals surface area contributed by atoms with Crippen molar-refractivity contribution in [3.8, 4) is 5.75 Å². The highest BCUT2D eigenvalue weighted by Crippen LogP contribution is 2.23. The van der Waals surface area contributed by atoms with Gasteiger partial charge in [0.15, 0.2) is 6.61 Å². The second kappa shape index (κ2) is 6.67. The number of thiophene rings is 1. The van der Waals surface area contributed by atoms with Gasteiger partial charge in [-0.25, -0.2) is 4.79 Å². The van der Waals surface area contributed by atoms with E-state index in [1.54, 1.807) is 36.4 Å². The molecule has 0 atom stereocenters. The number of Topliss-reactive ketones (excluding diaryl/α,β-unsaturated/α-hetero) is 1. The number of methoxy groups -OCH3 is 1. The summed E-state index contributed by atoms with van der Waals surface area (Å²) in [6.07, 6.45) is 0. The van der Waals surface area contributed by atoms with Gasteiger partial charge in [-0.3, -0.25) is 4.79 Å². The van der Waals surface area contributed by atoms with Gasteiger partial charge in [0.25, 0.3) is 0 Å². The second-order valence-corrected chi connectivity index (χ2v) is 6.27. The predicted molar refractivity (Wildman–Crippen MR) is 79.6 cm³/mol. The van der Waals surface area contributed by atoms with Gasteiger partial charge in [-0.1, -0.05) is 12.1 Å². The molecule has 0 aliphatic carbocycles. The topological polar surface area (TPSA) is 52.6 Å². The van der Waals surface area contributed by atoms with Crippen LogP contribution >= 0.6 is 27.3 Å². The lowest BCUT2D eigenvalue weighted by Crippen LogP contribution is -2.14. The summed E-state index contributed by atoms with van der Waals surface area (Å²) in [4.78, 5) is 24.3. The largest absolute Gasteiger partial charge is 0.496 e. The SMILES string of the molecule is COc1ccccc1C(=O)OCC(=O)c1ccc(Br)s1. The van der Waals surface area contributed by atoms with E-state index >= 15 is 0 Å². The molecule has 1 heterocycles. The zero-order chi connectivity index (χ0) is 14.5. The van der Waals surface area contributed by atoms with Crippen molar-refractivity contribution in [1.29, 1.82) is 0 Å². The van der Waals surface area contributed by atoms with E-state index in [2.05, 4.69) is 15.9 Å². The van der Waals surface area contributed by atoms with Crippen LogP contribution in [-0.2, 0) is 4.74 Å². The Bertz CT molecular complexity index is 636. The molecule has 0 N–H and O–H groups in total. The standard InChI is InChI=1S/C14H11BrO4S/c1-18-11-5-3-2-4-9(11)14(17)19-8-10(16)12-6-7-13(15)20-12/h2-7H,8H2,1H3. The summed E-state index contributed by atoms with van der Waals surface area (Å²) in [5.41, 5.74) is 0.301. The first-order valence-corrected chi connectivity index (χ1v) is 7.31. The minimum absolute atomic E-state index is 0.232. The van der Waals surface area contributed by atoms with Crippen molar-refractivity contribution in [2.24, 2.45) is 0 Å². The van der Waals surface area contributed by atoms with Crippen LogP contribution in [0.2, 0.25) is 0 Å². The maximum absolute atomic E-state index is 11.9. The van der Waals surface area contributed by atoms with Crippen LogP contribution in [-0.4, -0.2) is 25.5 Å². The highest BCUT2D eigenvalue weighted by Gasteiger charge is 2.16. The molecule has 0 aliphatic rings. The number of hydrogen-bond donors (Lipinski definition) is 0. The number of benzene rings is 1. The number of ether oxygens (including phenoxy) is 2. The molecule has 0 radical (unpaired) electrons. The van der Waals surface area contributed by atoms with Crippen molar-refractivity contribution < 1.29 is 19.1 Å². The van der Waals surface area contributed by atoms with Gasteiger partial charge < -0.3 is 9.47 Å². The zero-order valence-electron chi connectivity index (χ0n) is 10.6. The third-order valence-electron chi connectivity index (χ3n) is 2.51. The maximum Gasteiger partial charge on any atom is 0.342 e. The molecular formula is C14H11BrO4S. The van der Waals surface area contributed by atoms with E-state index in [0.717, 1.165) is 3.79 Å². The number of hydrogen-bond acceptors (Lipinski definition) is 5. The predicted octanol–water partition coefficient (Wildman–Crippen LogP) is 3.56. The number of esters is 1. The van der Waals surface area contributed by atoms with E-state index in [9.17, 15) is 9.59 Å². The van der Waals surface area contributed by atoms with Crippen LogP contribution in [0.3, 0.4) is 0 Å². The number of para-hydroxylation sites is 1. The van der Waals surface area contributed by atoms with Crippen molar-refractivity contribution in [3.05, 3.63) is 50.6 Å². The van der Waals surface area contributed by atoms with E-state index in [1.807, 2.05) is 0 Å². The average molecular weight is 355 g/mol. The van der Waals surface area contributed by atoms with Gasteiger partial charge in [-0.15, -0.1) is 11.3 Å². The molecule has 0 saturated carbocycles. The molecule has 104 valence electrons. The fourth-order valence-corrected chi connectivity index (χ4v) is 2.87. The van der Waals surface area contributed by atoms with Gasteiger partial charge >= 0.3 is 5.97 Å². The minimum atomic E-state index is -0.577. The molecule has 2 rings (SSSR count). The molecule has 0 spiro atoms. The number of carbonyl (C=O) groups is 2. The third kappa shape index (κ3) is 3.46. The van der Waals surface area contributed by atoms with Crippen LogP contribution in [0.5, 0.6) is 5.75 Å². The first-order valence-electron chi connectivity index (χ1n) is 5.70. The van der Waals surface area contributed by atoms with Crippen molar-refractivity contribution >= 4 is 39.0 Å². The molecule has 20 heavy (non-hydrogen) atoms. The highest BCUT2D eigenvalue weighted by molar-refractivity contribution is 9.11. The zero-order valence-corrected chi connectivity index (χ0v) is 13.0. The van der Waals surface area contributed by atoms with E-state index in [1.165, 1.54) is 18.4 Å². The van der Waals surface area contributed by atoms with Gasteiger partial charge in [0.1, 0.15) is 11.3 Å². The van der Waals surface area contributed by atoms with Crippen LogP contribution in [0, 0.1) is 0 Å². The summed E-state index contributed by atoms with van der Waals surface area (Å²) in [6.45, 7) is -0.288. The summed E-state index contributed by atoms with van der Waals surface area (Å²) in [6, 6.07) is 10.2. The normalized spacial score (nSPS) is 10.1. The fourth-order valence-electron chi connectivity index (χ4n) is 1.56. The summed E-state index contributed by atoms with van der Waals surface area (Å²) in [5.74, 6) is -0.390. The molecule has 0 unspecified atom stereocenters. The summed E-state index contributed by atoms with van der Waals surface area (Å²) in [7, 11) is 1.47. The first kappa shape index (κ1) is 14.7. The van der Waals surface area contributed by atoms with Crippen LogP contribution in [0.1, 0.15) is 20.0 Å². The van der Waals surface area contributed by atoms with Gasteiger partial charge in [-0.2, -0.15) is 0 Å². The Morgan fingerprint density at radius 2 is 1.95 bits per heavy atom. The van der Waals surface area contributed by atoms with Gasteiger partial charge in [0.05, 0.1) is 15.8 Å². The van der Waals surface area contributed by atoms with E-state index in [-0.39, 0.29) is 12.4 Å². The molecule has 0 fully saturated rings. The first-order chi connectivity index (χ1) is 9.61. The van der Waals surface area contributed by atoms with Gasteiger partial charge in [0.2, 0.25) is 5.78 Å². The molecule has 0 amide bonds. The van der Waals surface area contributed by atoms with E-state index in [4.69, 9.17) is 9.47 Å². The number of ketones is 1. The maximum atomic E-state index is 11.9. The average Bonchev–Trinajstić information content (AvgIpc) is 2.91. The Morgan fingerprint density at radius 3 is 2.60 bits per heavy atom. The molecule has 0 bridgehead atoms. The molecule has 4 nitrogen and oxygen atoms in total. The smallest absolute Gasteiger partial charge is 0.342 e. The molecule has 2 aromatic rings. The Kier molecular flexibility index (Phi) is 4.92. The number of carbonyl (C=O) groups excluding carboxylic acids is 2. The third-order valence-corrected chi connectivity index (χ3v) is 4.17. The Hall–Kier alpha value is -1.66. The van der Waals surface area contributed by atoms with Crippen LogP contribution in [0.15, 0.2) is 40.2 Å². The lowest BCUT2D eigenvalue weighted by molar-refractivity contribution is 0.0472. The Labute approximate surface area is 128 Å². The summed E-state index contributed by atoms with van der Waals surface area (Å²) < 4.78 is 10.9. The van der Waals surface area contributed by atoms with Crippen molar-refractivity contribution in [2.75, 3.05) is 13.7 Å². The quantitative estimate of drug-likeness (QED) is 0.608. The molecular weight excluding hydrogens is 344 g/mol. The monoisotopic (exact) mass is 354 g/mol. The van der Waals surface area contributed by atoms with Crippen LogP contribution in [0.4, 0.5) is 0 Å². The number of rotatable bonds is 5. The summed E-state index contributed by atoms with van der Waals surface area (Å²) in [5, 5.41) is 0. The minimum Gasteiger partial charge on any atom is -0.496 e. The molecule has 6 heteroatoms. The van der Waals surface area contributed by atoms with Crippen molar-refractivity contribution in [3.63, 3.8) is 0 Å². The van der Waals surface area contributed by atoms with Crippen molar-refractivity contribution in [2.45, 2.75) is 0 Å². The summed E-state index contributed by atoms with van der Waals surface area (Å²) >= 11 is 4.58. The fraction of sp³-hybridized carbons (Fsp3) is 0.143. The lowest BCUT2D eigenvalue weighted by atomic mass is 10.2. The van der Waals surface area contributed by atoms with Gasteiger partial charge in [0, 0.05) is 0 Å². The molecule has 0 saturated heterocycles. The molecule has 0 aliphatic heterocycles. The Balaban J connectivity index is 2.00. The van der Waals surface area contributed by atoms with E-state index < -0.39 is 5.97 Å². The van der Waals surface area contributed by atoms with Gasteiger partial charge in [-0.05, 0) is 40.2 Å². The van der Waals surface area contributed by atoms with E-state index in [0.29, 0.717) is 16.2 Å².